The predicted octanol–water partition coefficient (Wildman–Crippen LogP) is 16.8. The molecule has 0 fully saturated rings. The molecule has 6 heteroatoms. The topological polar surface area (TPSA) is 67.9 Å². The maximum absolute atomic E-state index is 6.11. The highest BCUT2D eigenvalue weighted by Gasteiger charge is 2.23. The highest BCUT2D eigenvalue weighted by atomic mass is 16.4. The van der Waals surface area contributed by atoms with Crippen LogP contribution in [0.2, 0.25) is 0 Å². The molecule has 10 aromatic carbocycles. The summed E-state index contributed by atoms with van der Waals surface area (Å²) in [7, 11) is 0. The van der Waals surface area contributed by atoms with Gasteiger partial charge in [-0.25, -0.2) is 9.97 Å². The van der Waals surface area contributed by atoms with Gasteiger partial charge in [0.25, 0.3) is 0 Å². The van der Waals surface area contributed by atoms with Gasteiger partial charge in [0.2, 0.25) is 11.8 Å². The molecule has 0 atom stereocenters. The third-order valence-corrected chi connectivity index (χ3v) is 12.7. The molecule has 6 nitrogen and oxygen atoms in total. The van der Waals surface area contributed by atoms with Crippen LogP contribution in [0.15, 0.2) is 265 Å². The maximum atomic E-state index is 6.11. The molecule has 0 spiro atoms. The number of fused-ring (bicyclic) bond motifs is 1. The lowest BCUT2D eigenvalue weighted by molar-refractivity contribution is 0.584. The normalized spacial score (nSPS) is 11.1. The number of nitrogens with zero attached hydrogens (tertiary/aromatic N) is 5. The molecular weight excluding hydrogens is 855 g/mol. The fraction of sp³-hybridized carbons (Fsp3) is 0. The molecule has 0 saturated heterocycles. The molecule has 0 aliphatic carbocycles. The van der Waals surface area contributed by atoms with E-state index >= 15 is 0 Å². The Balaban J connectivity index is 1.02. The van der Waals surface area contributed by atoms with E-state index in [0.29, 0.717) is 11.8 Å². The predicted molar refractivity (Wildman–Crippen MR) is 286 cm³/mol. The van der Waals surface area contributed by atoms with Crippen LogP contribution < -0.4 is 4.90 Å². The van der Waals surface area contributed by atoms with Crippen molar-refractivity contribution < 1.29 is 4.42 Å². The van der Waals surface area contributed by atoms with Crippen LogP contribution in [0.5, 0.6) is 0 Å². The Kier molecular flexibility index (Phi) is 11.1. The van der Waals surface area contributed by atoms with Gasteiger partial charge in [0.1, 0.15) is 0 Å². The van der Waals surface area contributed by atoms with E-state index in [0.717, 1.165) is 106 Å². The van der Waals surface area contributed by atoms with Crippen molar-refractivity contribution in [1.82, 2.24) is 20.2 Å². The van der Waals surface area contributed by atoms with Crippen LogP contribution in [0.25, 0.3) is 101 Å². The van der Waals surface area contributed by atoms with Crippen molar-refractivity contribution in [2.24, 2.45) is 0 Å². The second-order valence-electron chi connectivity index (χ2n) is 17.0. The first kappa shape index (κ1) is 41.9. The first-order chi connectivity index (χ1) is 34.7. The number of anilines is 3. The van der Waals surface area contributed by atoms with Crippen molar-refractivity contribution in [3.05, 3.63) is 261 Å². The molecule has 0 aliphatic rings. The molecule has 0 bridgehead atoms. The SMILES string of the molecule is c1ccc(-c2nnc(-c3ccc(N(c4ccccc4)c4ccc(-c5nc6c(-c7ccccc7-c7ccccc7)ccc(-c7ccccc7-c7ccccc7)c6nc5-c5ccccc5)cc4)cc3)o2)cc1. The smallest absolute Gasteiger partial charge is 0.248 e. The molecule has 0 amide bonds. The molecule has 330 valence electrons. The van der Waals surface area contributed by atoms with Gasteiger partial charge in [-0.3, -0.25) is 0 Å². The first-order valence-corrected chi connectivity index (χ1v) is 23.4. The molecule has 70 heavy (non-hydrogen) atoms. The third kappa shape index (κ3) is 8.10. The maximum Gasteiger partial charge on any atom is 0.248 e. The van der Waals surface area contributed by atoms with Gasteiger partial charge in [-0.1, -0.05) is 200 Å². The fourth-order valence-corrected chi connectivity index (χ4v) is 9.33. The second-order valence-corrected chi connectivity index (χ2v) is 17.0. The molecule has 0 saturated carbocycles. The molecule has 2 heterocycles. The largest absolute Gasteiger partial charge is 0.416 e. The van der Waals surface area contributed by atoms with Crippen LogP contribution in [-0.4, -0.2) is 20.2 Å². The zero-order valence-corrected chi connectivity index (χ0v) is 38.0. The standard InChI is InChI=1S/C64H43N5O/c1-6-20-44(21-7-1)53-30-16-18-32-55(53)57-42-43-58(56-33-19-17-31-54(56)45-22-8-2-9-23-45)62-61(57)65-59(46-24-10-3-11-25-46)60(66-62)47-34-38-51(39-35-47)69(50-28-14-5-15-29-50)52-40-36-49(37-41-52)64-68-67-63(70-64)48-26-12-4-13-27-48/h1-43H. The zero-order valence-electron chi connectivity index (χ0n) is 38.0. The van der Waals surface area contributed by atoms with Crippen molar-refractivity contribution in [1.29, 1.82) is 0 Å². The minimum absolute atomic E-state index is 0.464. The Hall–Kier alpha value is -9.52. The number of hydrogen-bond acceptors (Lipinski definition) is 6. The minimum Gasteiger partial charge on any atom is -0.416 e. The highest BCUT2D eigenvalue weighted by Crippen LogP contribution is 2.44. The van der Waals surface area contributed by atoms with E-state index in [2.05, 4.69) is 221 Å². The van der Waals surface area contributed by atoms with Crippen LogP contribution in [-0.2, 0) is 0 Å². The number of hydrogen-bond donors (Lipinski definition) is 0. The molecule has 12 aromatic rings. The summed E-state index contributed by atoms with van der Waals surface area (Å²) < 4.78 is 6.11. The molecule has 0 aliphatic heterocycles. The molecule has 0 unspecified atom stereocenters. The van der Waals surface area contributed by atoms with E-state index < -0.39 is 0 Å². The van der Waals surface area contributed by atoms with E-state index in [1.807, 2.05) is 54.6 Å². The van der Waals surface area contributed by atoms with Gasteiger partial charge in [0.05, 0.1) is 22.4 Å². The Morgan fingerprint density at radius 1 is 0.243 bits per heavy atom. The number of para-hydroxylation sites is 1. The van der Waals surface area contributed by atoms with Gasteiger partial charge < -0.3 is 9.32 Å². The lowest BCUT2D eigenvalue weighted by atomic mass is 9.89. The minimum atomic E-state index is 0.464. The summed E-state index contributed by atoms with van der Waals surface area (Å²) in [6.07, 6.45) is 0. The fourth-order valence-electron chi connectivity index (χ4n) is 9.33. The van der Waals surface area contributed by atoms with Gasteiger partial charge in [-0.15, -0.1) is 10.2 Å². The Morgan fingerprint density at radius 3 is 1.00 bits per heavy atom. The van der Waals surface area contributed by atoms with Crippen molar-refractivity contribution in [2.45, 2.75) is 0 Å². The van der Waals surface area contributed by atoms with Gasteiger partial charge in [-0.05, 0) is 94.0 Å². The average Bonchev–Trinajstić information content (AvgIpc) is 3.95. The van der Waals surface area contributed by atoms with Crippen LogP contribution >= 0.6 is 0 Å². The number of rotatable bonds is 11. The molecule has 12 rings (SSSR count). The lowest BCUT2D eigenvalue weighted by Crippen LogP contribution is -2.09. The molecule has 2 aromatic heterocycles. The van der Waals surface area contributed by atoms with Crippen molar-refractivity contribution in [3.63, 3.8) is 0 Å². The Morgan fingerprint density at radius 2 is 0.557 bits per heavy atom. The summed E-state index contributed by atoms with van der Waals surface area (Å²) >= 11 is 0. The van der Waals surface area contributed by atoms with Gasteiger partial charge in [0, 0.05) is 50.4 Å². The molecular formula is C64H43N5O. The van der Waals surface area contributed by atoms with E-state index in [1.165, 1.54) is 0 Å². The highest BCUT2D eigenvalue weighted by molar-refractivity contribution is 6.06. The summed E-state index contributed by atoms with van der Waals surface area (Å²) in [4.78, 5) is 13.8. The van der Waals surface area contributed by atoms with Crippen LogP contribution in [0.1, 0.15) is 0 Å². The van der Waals surface area contributed by atoms with Gasteiger partial charge in [-0.2, -0.15) is 0 Å². The van der Waals surface area contributed by atoms with E-state index in [9.17, 15) is 0 Å². The van der Waals surface area contributed by atoms with Crippen LogP contribution in [0.4, 0.5) is 17.1 Å². The van der Waals surface area contributed by atoms with Crippen LogP contribution in [0.3, 0.4) is 0 Å². The van der Waals surface area contributed by atoms with Crippen molar-refractivity contribution >= 4 is 28.1 Å². The molecule has 0 radical (unpaired) electrons. The summed E-state index contributed by atoms with van der Waals surface area (Å²) in [5.74, 6) is 0.949. The summed E-state index contributed by atoms with van der Waals surface area (Å²) in [6.45, 7) is 0. The van der Waals surface area contributed by atoms with Crippen molar-refractivity contribution in [3.8, 4) is 89.9 Å². The zero-order chi connectivity index (χ0) is 46.6. The van der Waals surface area contributed by atoms with Gasteiger partial charge in [0.15, 0.2) is 0 Å². The summed E-state index contributed by atoms with van der Waals surface area (Å²) in [6, 6.07) is 90.3. The van der Waals surface area contributed by atoms with E-state index in [4.69, 9.17) is 14.4 Å². The third-order valence-electron chi connectivity index (χ3n) is 12.7. The summed E-state index contributed by atoms with van der Waals surface area (Å²) in [5, 5.41) is 8.70. The van der Waals surface area contributed by atoms with E-state index in [1.54, 1.807) is 0 Å². The lowest BCUT2D eigenvalue weighted by Gasteiger charge is -2.26. The number of benzene rings is 10. The number of aromatic nitrogens is 4. The van der Waals surface area contributed by atoms with E-state index in [-0.39, 0.29) is 0 Å². The average molecular weight is 898 g/mol. The van der Waals surface area contributed by atoms with Gasteiger partial charge >= 0.3 is 0 Å². The monoisotopic (exact) mass is 897 g/mol. The second kappa shape index (κ2) is 18.6. The molecule has 0 N–H and O–H groups in total. The summed E-state index contributed by atoms with van der Waals surface area (Å²) in [5.41, 5.74) is 18.6. The van der Waals surface area contributed by atoms with Crippen molar-refractivity contribution in [2.75, 3.05) is 4.90 Å². The van der Waals surface area contributed by atoms with Crippen LogP contribution in [0, 0.1) is 0 Å². The first-order valence-electron chi connectivity index (χ1n) is 23.4. The Bertz CT molecular complexity index is 3730. The quantitative estimate of drug-likeness (QED) is 0.129. The Labute approximate surface area is 406 Å².